The van der Waals surface area contributed by atoms with Gasteiger partial charge in [0.2, 0.25) is 0 Å². The van der Waals surface area contributed by atoms with Crippen molar-refractivity contribution in [3.05, 3.63) is 95.6 Å². The lowest BCUT2D eigenvalue weighted by atomic mass is 10.1. The zero-order valence-electron chi connectivity index (χ0n) is 20.0. The van der Waals surface area contributed by atoms with Gasteiger partial charge in [-0.1, -0.05) is 30.3 Å². The van der Waals surface area contributed by atoms with Crippen LogP contribution in [-0.2, 0) is 19.5 Å². The number of aryl methyl sites for hydroxylation is 2. The van der Waals surface area contributed by atoms with E-state index >= 15 is 0 Å². The molecule has 7 heteroatoms. The van der Waals surface area contributed by atoms with Crippen molar-refractivity contribution in [3.8, 4) is 0 Å². The van der Waals surface area contributed by atoms with E-state index in [2.05, 4.69) is 40.8 Å². The highest BCUT2D eigenvalue weighted by Gasteiger charge is 2.16. The Kier molecular flexibility index (Phi) is 6.33. The number of aromatic nitrogens is 4. The fraction of sp³-hybridized carbons (Fsp3) is 0.250. The Balaban J connectivity index is 1.32. The molecule has 5 rings (SSSR count). The van der Waals surface area contributed by atoms with E-state index < -0.39 is 6.10 Å². The van der Waals surface area contributed by atoms with Crippen LogP contribution in [0.25, 0.3) is 22.1 Å². The number of amides is 1. The van der Waals surface area contributed by atoms with E-state index in [-0.39, 0.29) is 5.91 Å². The summed E-state index contributed by atoms with van der Waals surface area (Å²) in [6.07, 6.45) is 1.72. The van der Waals surface area contributed by atoms with Gasteiger partial charge in [-0.3, -0.25) is 4.79 Å². The molecular weight excluding hydrogens is 438 g/mol. The van der Waals surface area contributed by atoms with Crippen LogP contribution in [0.15, 0.2) is 73.1 Å². The van der Waals surface area contributed by atoms with Gasteiger partial charge in [-0.2, -0.15) is 0 Å². The third-order valence-corrected chi connectivity index (χ3v) is 6.44. The second-order valence-electron chi connectivity index (χ2n) is 8.98. The van der Waals surface area contributed by atoms with Crippen LogP contribution in [0.5, 0.6) is 0 Å². The van der Waals surface area contributed by atoms with Crippen molar-refractivity contribution in [2.45, 2.75) is 39.5 Å². The number of imidazole rings is 2. The van der Waals surface area contributed by atoms with Crippen LogP contribution in [-0.4, -0.2) is 42.8 Å². The van der Waals surface area contributed by atoms with E-state index in [4.69, 9.17) is 4.98 Å². The largest absolute Gasteiger partial charge is 0.389 e. The van der Waals surface area contributed by atoms with Gasteiger partial charge in [0.25, 0.3) is 5.91 Å². The van der Waals surface area contributed by atoms with Crippen LogP contribution in [0.2, 0.25) is 0 Å². The first-order valence-corrected chi connectivity index (χ1v) is 11.9. The number of aliphatic hydroxyl groups excluding tert-OH is 1. The zero-order chi connectivity index (χ0) is 24.4. The fourth-order valence-corrected chi connectivity index (χ4v) is 4.45. The van der Waals surface area contributed by atoms with Crippen LogP contribution in [0.3, 0.4) is 0 Å². The standard InChI is InChI=1S/C28H29N5O2/c1-19-14-24-26(15-20(19)2)32(18-30-24)16-22(34)17-33-25-11-7-6-10-23(25)31-27(33)12-13-29-28(35)21-8-4-3-5-9-21/h3-11,14-15,18,22,34H,12-13,16-17H2,1-2H3,(H,29,35). The fourth-order valence-electron chi connectivity index (χ4n) is 4.45. The smallest absolute Gasteiger partial charge is 0.251 e. The molecule has 0 radical (unpaired) electrons. The lowest BCUT2D eigenvalue weighted by molar-refractivity contribution is 0.0953. The molecular formula is C28H29N5O2. The van der Waals surface area contributed by atoms with Gasteiger partial charge in [-0.25, -0.2) is 9.97 Å². The minimum absolute atomic E-state index is 0.106. The molecule has 2 N–H and O–H groups in total. The molecule has 0 saturated carbocycles. The Morgan fingerprint density at radius 1 is 0.943 bits per heavy atom. The second kappa shape index (κ2) is 9.72. The number of benzene rings is 3. The Hall–Kier alpha value is -3.97. The Morgan fingerprint density at radius 3 is 2.51 bits per heavy atom. The van der Waals surface area contributed by atoms with Crippen molar-refractivity contribution in [3.63, 3.8) is 0 Å². The molecule has 2 aromatic heterocycles. The van der Waals surface area contributed by atoms with E-state index in [1.807, 2.05) is 47.0 Å². The lowest BCUT2D eigenvalue weighted by Crippen LogP contribution is -2.27. The second-order valence-corrected chi connectivity index (χ2v) is 8.98. The van der Waals surface area contributed by atoms with Crippen molar-refractivity contribution in [1.82, 2.24) is 24.4 Å². The van der Waals surface area contributed by atoms with Gasteiger partial charge >= 0.3 is 0 Å². The molecule has 7 nitrogen and oxygen atoms in total. The van der Waals surface area contributed by atoms with Crippen molar-refractivity contribution in [2.24, 2.45) is 0 Å². The first-order valence-electron chi connectivity index (χ1n) is 11.9. The van der Waals surface area contributed by atoms with E-state index in [1.165, 1.54) is 11.1 Å². The summed E-state index contributed by atoms with van der Waals surface area (Å²) in [5, 5.41) is 14.0. The van der Waals surface area contributed by atoms with Gasteiger partial charge < -0.3 is 19.6 Å². The Labute approximate surface area is 204 Å². The number of carbonyl (C=O) groups is 1. The molecule has 2 heterocycles. The first-order chi connectivity index (χ1) is 17.0. The molecule has 1 amide bonds. The minimum atomic E-state index is -0.635. The number of fused-ring (bicyclic) bond motifs is 2. The third-order valence-electron chi connectivity index (χ3n) is 6.44. The number of hydrogen-bond donors (Lipinski definition) is 2. The van der Waals surface area contributed by atoms with E-state index in [9.17, 15) is 9.90 Å². The van der Waals surface area contributed by atoms with Crippen molar-refractivity contribution in [2.75, 3.05) is 6.54 Å². The van der Waals surface area contributed by atoms with Crippen LogP contribution < -0.4 is 5.32 Å². The summed E-state index contributed by atoms with van der Waals surface area (Å²) in [7, 11) is 0. The number of nitrogens with one attached hydrogen (secondary N) is 1. The summed E-state index contributed by atoms with van der Waals surface area (Å²) in [5.41, 5.74) is 6.84. The van der Waals surface area contributed by atoms with Gasteiger partial charge in [0, 0.05) is 18.5 Å². The average molecular weight is 468 g/mol. The number of hydrogen-bond acceptors (Lipinski definition) is 4. The van der Waals surface area contributed by atoms with Crippen molar-refractivity contribution in [1.29, 1.82) is 0 Å². The summed E-state index contributed by atoms with van der Waals surface area (Å²) in [5.74, 6) is 0.728. The van der Waals surface area contributed by atoms with Crippen LogP contribution in [0, 0.1) is 13.8 Å². The normalized spacial score (nSPS) is 12.3. The summed E-state index contributed by atoms with van der Waals surface area (Å²) >= 11 is 0. The van der Waals surface area contributed by atoms with E-state index in [0.717, 1.165) is 27.9 Å². The molecule has 35 heavy (non-hydrogen) atoms. The SMILES string of the molecule is Cc1cc2ncn(CC(O)Cn3c(CCNC(=O)c4ccccc4)nc4ccccc43)c2cc1C. The summed E-state index contributed by atoms with van der Waals surface area (Å²) in [4.78, 5) is 21.7. The summed E-state index contributed by atoms with van der Waals surface area (Å²) < 4.78 is 4.06. The molecule has 1 atom stereocenters. The highest BCUT2D eigenvalue weighted by Crippen LogP contribution is 2.20. The first kappa shape index (κ1) is 22.8. The maximum absolute atomic E-state index is 12.4. The van der Waals surface area contributed by atoms with Gasteiger partial charge in [0.15, 0.2) is 0 Å². The van der Waals surface area contributed by atoms with Gasteiger partial charge in [0.1, 0.15) is 5.82 Å². The molecule has 0 spiro atoms. The maximum Gasteiger partial charge on any atom is 0.251 e. The monoisotopic (exact) mass is 467 g/mol. The van der Waals surface area contributed by atoms with Crippen LogP contribution in [0.4, 0.5) is 0 Å². The average Bonchev–Trinajstić information content (AvgIpc) is 3.40. The predicted octanol–water partition coefficient (Wildman–Crippen LogP) is 4.04. The van der Waals surface area contributed by atoms with Crippen molar-refractivity contribution >= 4 is 28.0 Å². The van der Waals surface area contributed by atoms with Gasteiger partial charge in [0.05, 0.1) is 47.6 Å². The highest BCUT2D eigenvalue weighted by atomic mass is 16.3. The highest BCUT2D eigenvalue weighted by molar-refractivity contribution is 5.94. The van der Waals surface area contributed by atoms with Crippen molar-refractivity contribution < 1.29 is 9.90 Å². The molecule has 0 bridgehead atoms. The number of nitrogens with zero attached hydrogens (tertiary/aromatic N) is 4. The molecule has 3 aromatic carbocycles. The van der Waals surface area contributed by atoms with E-state index in [0.29, 0.717) is 31.6 Å². The molecule has 0 fully saturated rings. The lowest BCUT2D eigenvalue weighted by Gasteiger charge is -2.16. The van der Waals surface area contributed by atoms with Gasteiger partial charge in [-0.15, -0.1) is 0 Å². The quantitative estimate of drug-likeness (QED) is 0.361. The maximum atomic E-state index is 12.4. The van der Waals surface area contributed by atoms with Gasteiger partial charge in [-0.05, 0) is 61.4 Å². The predicted molar refractivity (Wildman–Crippen MR) is 137 cm³/mol. The molecule has 0 aliphatic rings. The minimum Gasteiger partial charge on any atom is -0.389 e. The van der Waals surface area contributed by atoms with E-state index in [1.54, 1.807) is 18.5 Å². The third kappa shape index (κ3) is 4.81. The number of aliphatic hydroxyl groups is 1. The Morgan fingerprint density at radius 2 is 1.69 bits per heavy atom. The topological polar surface area (TPSA) is 85.0 Å². The zero-order valence-corrected chi connectivity index (χ0v) is 20.0. The van der Waals surface area contributed by atoms with Crippen LogP contribution >= 0.6 is 0 Å². The molecule has 178 valence electrons. The molecule has 5 aromatic rings. The number of carbonyl (C=O) groups excluding carboxylic acids is 1. The molecule has 0 aliphatic carbocycles. The number of para-hydroxylation sites is 2. The Bertz CT molecular complexity index is 1490. The molecule has 1 unspecified atom stereocenters. The van der Waals surface area contributed by atoms with Crippen LogP contribution in [0.1, 0.15) is 27.3 Å². The number of rotatable bonds is 8. The molecule has 0 saturated heterocycles. The summed E-state index contributed by atoms with van der Waals surface area (Å²) in [6.45, 7) is 5.44. The summed E-state index contributed by atoms with van der Waals surface area (Å²) in [6, 6.07) is 21.3. The molecule has 0 aliphatic heterocycles.